The summed E-state index contributed by atoms with van der Waals surface area (Å²) in [6.45, 7) is 2.19. The van der Waals surface area contributed by atoms with Gasteiger partial charge < -0.3 is 20.3 Å². The molecule has 7 heteroatoms. The largest absolute Gasteiger partial charge is 0.497 e. The van der Waals surface area contributed by atoms with Crippen molar-refractivity contribution in [1.29, 1.82) is 0 Å². The number of hydrogen-bond donors (Lipinski definition) is 2. The zero-order valence-corrected chi connectivity index (χ0v) is 14.5. The second kappa shape index (κ2) is 9.66. The zero-order valence-electron chi connectivity index (χ0n) is 14.5. The van der Waals surface area contributed by atoms with Crippen LogP contribution in [0.2, 0.25) is 0 Å². The Morgan fingerprint density at radius 2 is 1.80 bits per heavy atom. The number of methoxy groups -OCH3 is 1. The predicted molar refractivity (Wildman–Crippen MR) is 93.1 cm³/mol. The number of rotatable bonds is 8. The summed E-state index contributed by atoms with van der Waals surface area (Å²) < 4.78 is 5.08. The molecule has 1 saturated heterocycles. The van der Waals surface area contributed by atoms with E-state index in [-0.39, 0.29) is 5.91 Å². The Morgan fingerprint density at radius 1 is 1.12 bits per heavy atom. The fourth-order valence-electron chi connectivity index (χ4n) is 2.69. The molecule has 0 aromatic heterocycles. The average Bonchev–Trinajstić information content (AvgIpc) is 3.04. The highest BCUT2D eigenvalue weighted by Crippen LogP contribution is 2.11. The number of nitrogens with zero attached hydrogens (tertiary/aromatic N) is 1. The first-order valence-electron chi connectivity index (χ1n) is 8.57. The van der Waals surface area contributed by atoms with Crippen LogP contribution in [0.3, 0.4) is 0 Å². The second-order valence-electron chi connectivity index (χ2n) is 5.95. The van der Waals surface area contributed by atoms with E-state index in [1.807, 2.05) is 24.3 Å². The lowest BCUT2D eigenvalue weighted by Gasteiger charge is -2.15. The minimum Gasteiger partial charge on any atom is -0.497 e. The van der Waals surface area contributed by atoms with Crippen molar-refractivity contribution < 1.29 is 19.1 Å². The van der Waals surface area contributed by atoms with Crippen LogP contribution in [0.15, 0.2) is 24.3 Å². The third-order valence-corrected chi connectivity index (χ3v) is 4.13. The lowest BCUT2D eigenvalue weighted by Crippen LogP contribution is -2.41. The first-order valence-corrected chi connectivity index (χ1v) is 8.57. The van der Waals surface area contributed by atoms with E-state index < -0.39 is 11.8 Å². The van der Waals surface area contributed by atoms with Crippen molar-refractivity contribution in [3.63, 3.8) is 0 Å². The summed E-state index contributed by atoms with van der Waals surface area (Å²) in [7, 11) is 1.61. The first kappa shape index (κ1) is 18.8. The molecule has 2 N–H and O–H groups in total. The Kier molecular flexibility index (Phi) is 7.25. The van der Waals surface area contributed by atoms with Gasteiger partial charge in [0.15, 0.2) is 0 Å². The van der Waals surface area contributed by atoms with Gasteiger partial charge in [-0.1, -0.05) is 12.1 Å². The topological polar surface area (TPSA) is 87.7 Å². The molecule has 136 valence electrons. The van der Waals surface area contributed by atoms with Gasteiger partial charge in [0.05, 0.1) is 7.11 Å². The molecule has 0 atom stereocenters. The Labute approximate surface area is 147 Å². The van der Waals surface area contributed by atoms with Gasteiger partial charge in [0.1, 0.15) is 5.75 Å². The van der Waals surface area contributed by atoms with Crippen LogP contribution in [0.4, 0.5) is 0 Å². The quantitative estimate of drug-likeness (QED) is 0.529. The molecule has 0 aliphatic carbocycles. The van der Waals surface area contributed by atoms with Gasteiger partial charge >= 0.3 is 11.8 Å². The van der Waals surface area contributed by atoms with Gasteiger partial charge in [0, 0.05) is 32.6 Å². The molecule has 25 heavy (non-hydrogen) atoms. The van der Waals surface area contributed by atoms with E-state index in [0.29, 0.717) is 38.9 Å². The highest BCUT2D eigenvalue weighted by molar-refractivity contribution is 6.35. The molecule has 7 nitrogen and oxygen atoms in total. The van der Waals surface area contributed by atoms with Crippen molar-refractivity contribution in [2.45, 2.75) is 25.7 Å². The van der Waals surface area contributed by atoms with Crippen LogP contribution in [0.5, 0.6) is 5.75 Å². The van der Waals surface area contributed by atoms with Crippen molar-refractivity contribution in [2.24, 2.45) is 0 Å². The van der Waals surface area contributed by atoms with Crippen molar-refractivity contribution in [2.75, 3.05) is 33.3 Å². The molecule has 1 aliphatic heterocycles. The molecule has 0 radical (unpaired) electrons. The van der Waals surface area contributed by atoms with Crippen molar-refractivity contribution >= 4 is 17.7 Å². The van der Waals surface area contributed by atoms with Gasteiger partial charge in [-0.25, -0.2) is 0 Å². The zero-order chi connectivity index (χ0) is 18.1. The van der Waals surface area contributed by atoms with Crippen LogP contribution in [0.25, 0.3) is 0 Å². The van der Waals surface area contributed by atoms with E-state index in [9.17, 15) is 14.4 Å². The number of benzene rings is 1. The molecule has 1 aromatic rings. The normalized spacial score (nSPS) is 13.6. The number of nitrogens with one attached hydrogen (secondary N) is 2. The van der Waals surface area contributed by atoms with Gasteiger partial charge in [0.25, 0.3) is 0 Å². The Hall–Kier alpha value is -2.57. The molecule has 0 saturated carbocycles. The number of likely N-dealkylation sites (tertiary alicyclic amines) is 1. The van der Waals surface area contributed by atoms with Crippen molar-refractivity contribution in [3.8, 4) is 5.75 Å². The van der Waals surface area contributed by atoms with Crippen LogP contribution in [0, 0.1) is 0 Å². The Bertz CT molecular complexity index is 601. The molecular formula is C18H25N3O4. The smallest absolute Gasteiger partial charge is 0.309 e. The maximum atomic E-state index is 11.7. The highest BCUT2D eigenvalue weighted by Gasteiger charge is 2.19. The molecule has 0 spiro atoms. The van der Waals surface area contributed by atoms with Crippen LogP contribution < -0.4 is 15.4 Å². The van der Waals surface area contributed by atoms with Crippen LogP contribution in [0.1, 0.15) is 24.8 Å². The van der Waals surface area contributed by atoms with Gasteiger partial charge in [-0.15, -0.1) is 0 Å². The molecule has 1 heterocycles. The Morgan fingerprint density at radius 3 is 2.40 bits per heavy atom. The van der Waals surface area contributed by atoms with E-state index in [2.05, 4.69) is 10.6 Å². The maximum absolute atomic E-state index is 11.7. The van der Waals surface area contributed by atoms with Crippen molar-refractivity contribution in [3.05, 3.63) is 29.8 Å². The predicted octanol–water partition coefficient (Wildman–Crippen LogP) is 0.483. The molecule has 2 rings (SSSR count). The highest BCUT2D eigenvalue weighted by atomic mass is 16.5. The number of amides is 3. The number of carbonyl (C=O) groups is 3. The molecule has 1 aromatic carbocycles. The van der Waals surface area contributed by atoms with E-state index in [4.69, 9.17) is 4.74 Å². The lowest BCUT2D eigenvalue weighted by atomic mass is 10.1. The fraction of sp³-hybridized carbons (Fsp3) is 0.500. The number of hydrogen-bond acceptors (Lipinski definition) is 4. The Balaban J connectivity index is 1.58. The summed E-state index contributed by atoms with van der Waals surface area (Å²) >= 11 is 0. The molecule has 1 aliphatic rings. The second-order valence-corrected chi connectivity index (χ2v) is 5.95. The van der Waals surface area contributed by atoms with E-state index in [1.165, 1.54) is 0 Å². The third-order valence-electron chi connectivity index (χ3n) is 4.13. The van der Waals surface area contributed by atoms with Gasteiger partial charge in [-0.2, -0.15) is 0 Å². The minimum absolute atomic E-state index is 0.169. The minimum atomic E-state index is -0.637. The molecule has 1 fully saturated rings. The molecule has 0 unspecified atom stereocenters. The van der Waals surface area contributed by atoms with Gasteiger partial charge in [-0.3, -0.25) is 14.4 Å². The summed E-state index contributed by atoms with van der Waals surface area (Å²) in [5, 5.41) is 5.18. The van der Waals surface area contributed by atoms with Crippen LogP contribution in [-0.2, 0) is 20.8 Å². The number of ether oxygens (including phenoxy) is 1. The molecular weight excluding hydrogens is 322 g/mol. The molecule has 0 bridgehead atoms. The average molecular weight is 347 g/mol. The third kappa shape index (κ3) is 6.10. The van der Waals surface area contributed by atoms with E-state index in [1.54, 1.807) is 12.0 Å². The van der Waals surface area contributed by atoms with E-state index >= 15 is 0 Å². The van der Waals surface area contributed by atoms with Crippen molar-refractivity contribution in [1.82, 2.24) is 15.5 Å². The summed E-state index contributed by atoms with van der Waals surface area (Å²) in [6, 6.07) is 7.55. The first-order chi connectivity index (χ1) is 12.1. The number of carbonyl (C=O) groups excluding carboxylic acids is 3. The monoisotopic (exact) mass is 347 g/mol. The SMILES string of the molecule is COc1ccc(CCNC(=O)C(=O)NCCCN2CCCC2=O)cc1. The van der Waals surface area contributed by atoms with Gasteiger partial charge in [0.2, 0.25) is 5.91 Å². The fourth-order valence-corrected chi connectivity index (χ4v) is 2.69. The standard InChI is InChI=1S/C18H25N3O4/c1-25-15-7-5-14(6-8-15)9-11-20-18(24)17(23)19-10-3-13-21-12-2-4-16(21)22/h5-8H,2-4,9-13H2,1H3,(H,19,23)(H,20,24). The molecule has 3 amide bonds. The van der Waals surface area contributed by atoms with E-state index in [0.717, 1.165) is 24.3 Å². The summed E-state index contributed by atoms with van der Waals surface area (Å²) in [5.74, 6) is -0.321. The van der Waals surface area contributed by atoms with Crippen LogP contribution >= 0.6 is 0 Å². The lowest BCUT2D eigenvalue weighted by molar-refractivity contribution is -0.139. The summed E-state index contributed by atoms with van der Waals surface area (Å²) in [4.78, 5) is 36.7. The maximum Gasteiger partial charge on any atom is 0.309 e. The van der Waals surface area contributed by atoms with Crippen LogP contribution in [-0.4, -0.2) is 55.9 Å². The van der Waals surface area contributed by atoms with Gasteiger partial charge in [-0.05, 0) is 37.0 Å². The summed E-state index contributed by atoms with van der Waals surface area (Å²) in [6.07, 6.45) is 2.81. The summed E-state index contributed by atoms with van der Waals surface area (Å²) in [5.41, 5.74) is 1.05.